The lowest BCUT2D eigenvalue weighted by atomic mass is 10.2. The number of hydrogen-bond donors (Lipinski definition) is 1. The summed E-state index contributed by atoms with van der Waals surface area (Å²) in [6.07, 6.45) is 1.33. The number of furan rings is 1. The van der Waals surface area contributed by atoms with Crippen LogP contribution in [0.25, 0.3) is 11.1 Å². The molecule has 2 heterocycles. The number of rotatable bonds is 4. The van der Waals surface area contributed by atoms with E-state index in [1.165, 1.54) is 10.9 Å². The van der Waals surface area contributed by atoms with Crippen LogP contribution in [-0.4, -0.2) is 15.5 Å². The van der Waals surface area contributed by atoms with Crippen molar-refractivity contribution >= 4 is 28.6 Å². The van der Waals surface area contributed by atoms with Gasteiger partial charge < -0.3 is 9.73 Å². The highest BCUT2D eigenvalue weighted by Gasteiger charge is 2.15. The zero-order valence-electron chi connectivity index (χ0n) is 13.3. The van der Waals surface area contributed by atoms with E-state index in [4.69, 9.17) is 16.0 Å². The Kier molecular flexibility index (Phi) is 4.40. The molecule has 0 bridgehead atoms. The van der Waals surface area contributed by atoms with Gasteiger partial charge in [0.05, 0.1) is 0 Å². The number of hydrogen-bond acceptors (Lipinski definition) is 4. The van der Waals surface area contributed by atoms with Gasteiger partial charge >= 0.3 is 0 Å². The van der Waals surface area contributed by atoms with Crippen molar-refractivity contribution in [2.45, 2.75) is 26.9 Å². The van der Waals surface area contributed by atoms with Gasteiger partial charge in [0.1, 0.15) is 24.0 Å². The highest BCUT2D eigenvalue weighted by molar-refractivity contribution is 6.30. The Labute approximate surface area is 143 Å². The van der Waals surface area contributed by atoms with Crippen LogP contribution in [0.2, 0.25) is 5.02 Å². The smallest absolute Gasteiger partial charge is 0.265 e. The van der Waals surface area contributed by atoms with Crippen molar-refractivity contribution in [3.05, 3.63) is 62.9 Å². The molecule has 0 spiro atoms. The van der Waals surface area contributed by atoms with Gasteiger partial charge in [0.25, 0.3) is 5.56 Å². The number of halogens is 1. The summed E-state index contributed by atoms with van der Waals surface area (Å²) in [5.41, 5.74) is 1.69. The number of aryl methyl sites for hydroxylation is 2. The Balaban J connectivity index is 1.73. The summed E-state index contributed by atoms with van der Waals surface area (Å²) >= 11 is 5.82. The van der Waals surface area contributed by atoms with Crippen molar-refractivity contribution in [1.82, 2.24) is 14.9 Å². The van der Waals surface area contributed by atoms with Crippen LogP contribution in [0, 0.1) is 13.8 Å². The van der Waals surface area contributed by atoms with Gasteiger partial charge in [0.2, 0.25) is 11.6 Å². The lowest BCUT2D eigenvalue weighted by Crippen LogP contribution is -2.32. The molecule has 0 aliphatic heterocycles. The van der Waals surface area contributed by atoms with Crippen molar-refractivity contribution in [2.24, 2.45) is 0 Å². The second kappa shape index (κ2) is 6.49. The molecular weight excluding hydrogens is 330 g/mol. The van der Waals surface area contributed by atoms with Crippen molar-refractivity contribution in [3.8, 4) is 0 Å². The van der Waals surface area contributed by atoms with E-state index in [0.717, 1.165) is 11.1 Å². The minimum absolute atomic E-state index is 0.0982. The van der Waals surface area contributed by atoms with Crippen LogP contribution in [-0.2, 0) is 17.9 Å². The average Bonchev–Trinajstić information content (AvgIpc) is 2.85. The fraction of sp³-hybridized carbons (Fsp3) is 0.235. The quantitative estimate of drug-likeness (QED) is 0.788. The van der Waals surface area contributed by atoms with Crippen LogP contribution < -0.4 is 10.9 Å². The molecule has 0 saturated carbocycles. The normalized spacial score (nSPS) is 11.0. The first kappa shape index (κ1) is 16.3. The molecular formula is C17H16ClN3O3. The Morgan fingerprint density at radius 3 is 2.71 bits per heavy atom. The fourth-order valence-corrected chi connectivity index (χ4v) is 2.52. The molecule has 1 amide bonds. The van der Waals surface area contributed by atoms with Gasteiger partial charge in [-0.25, -0.2) is 4.98 Å². The van der Waals surface area contributed by atoms with E-state index in [1.54, 1.807) is 26.0 Å². The summed E-state index contributed by atoms with van der Waals surface area (Å²) in [4.78, 5) is 28.7. The number of amides is 1. The average molecular weight is 346 g/mol. The van der Waals surface area contributed by atoms with Crippen LogP contribution in [0.1, 0.15) is 16.9 Å². The minimum atomic E-state index is -0.281. The molecule has 2 aromatic heterocycles. The van der Waals surface area contributed by atoms with Crippen molar-refractivity contribution in [2.75, 3.05) is 0 Å². The Morgan fingerprint density at radius 1 is 1.29 bits per heavy atom. The predicted octanol–water partition coefficient (Wildman–Crippen LogP) is 2.58. The van der Waals surface area contributed by atoms with Gasteiger partial charge in [-0.1, -0.05) is 23.7 Å². The van der Waals surface area contributed by atoms with E-state index in [9.17, 15) is 9.59 Å². The van der Waals surface area contributed by atoms with Crippen molar-refractivity contribution in [1.29, 1.82) is 0 Å². The highest BCUT2D eigenvalue weighted by atomic mass is 35.5. The Morgan fingerprint density at radius 2 is 2.00 bits per heavy atom. The molecule has 0 saturated heterocycles. The van der Waals surface area contributed by atoms with Crippen LogP contribution in [0.15, 0.2) is 39.8 Å². The number of carbonyl (C=O) groups excluding carboxylic acids is 1. The largest absolute Gasteiger partial charge is 0.443 e. The summed E-state index contributed by atoms with van der Waals surface area (Å²) in [5.74, 6) is 0.380. The van der Waals surface area contributed by atoms with Gasteiger partial charge in [0, 0.05) is 17.1 Å². The second-order valence-electron chi connectivity index (χ2n) is 5.54. The third-order valence-electron chi connectivity index (χ3n) is 3.87. The number of benzene rings is 1. The number of fused-ring (bicyclic) bond motifs is 1. The number of carbonyl (C=O) groups is 1. The van der Waals surface area contributed by atoms with Gasteiger partial charge in [-0.3, -0.25) is 14.2 Å². The molecule has 0 unspecified atom stereocenters. The highest BCUT2D eigenvalue weighted by Crippen LogP contribution is 2.18. The molecule has 1 N–H and O–H groups in total. The molecule has 0 fully saturated rings. The maximum absolute atomic E-state index is 12.5. The number of nitrogens with one attached hydrogen (secondary N) is 1. The van der Waals surface area contributed by atoms with Crippen LogP contribution in [0.3, 0.4) is 0 Å². The van der Waals surface area contributed by atoms with E-state index in [-0.39, 0.29) is 18.0 Å². The van der Waals surface area contributed by atoms with E-state index in [0.29, 0.717) is 28.4 Å². The molecule has 0 aliphatic rings. The van der Waals surface area contributed by atoms with E-state index in [2.05, 4.69) is 10.3 Å². The standard InChI is InChI=1S/C17H16ClN3O3/c1-10-11(2)24-16-15(10)17(23)21(9-20-16)8-14(22)19-7-12-3-5-13(18)6-4-12/h3-6,9H,7-8H2,1-2H3,(H,19,22). The summed E-state index contributed by atoms with van der Waals surface area (Å²) in [7, 11) is 0. The third-order valence-corrected chi connectivity index (χ3v) is 4.12. The van der Waals surface area contributed by atoms with Crippen LogP contribution >= 0.6 is 11.6 Å². The summed E-state index contributed by atoms with van der Waals surface area (Å²) < 4.78 is 6.70. The second-order valence-corrected chi connectivity index (χ2v) is 5.98. The summed E-state index contributed by atoms with van der Waals surface area (Å²) in [5, 5.41) is 3.83. The lowest BCUT2D eigenvalue weighted by Gasteiger charge is -2.07. The molecule has 6 nitrogen and oxygen atoms in total. The van der Waals surface area contributed by atoms with E-state index < -0.39 is 0 Å². The monoisotopic (exact) mass is 345 g/mol. The first-order chi connectivity index (χ1) is 11.5. The maximum atomic E-state index is 12.5. The number of aromatic nitrogens is 2. The van der Waals surface area contributed by atoms with E-state index >= 15 is 0 Å². The van der Waals surface area contributed by atoms with Crippen molar-refractivity contribution in [3.63, 3.8) is 0 Å². The first-order valence-electron chi connectivity index (χ1n) is 7.42. The Bertz CT molecular complexity index is 958. The minimum Gasteiger partial charge on any atom is -0.443 e. The summed E-state index contributed by atoms with van der Waals surface area (Å²) in [6.45, 7) is 3.85. The molecule has 0 radical (unpaired) electrons. The summed E-state index contributed by atoms with van der Waals surface area (Å²) in [6, 6.07) is 7.19. The molecule has 24 heavy (non-hydrogen) atoms. The lowest BCUT2D eigenvalue weighted by molar-refractivity contribution is -0.121. The van der Waals surface area contributed by atoms with Gasteiger partial charge in [0.15, 0.2) is 0 Å². The Hall–Kier alpha value is -2.60. The molecule has 0 aliphatic carbocycles. The predicted molar refractivity (Wildman–Crippen MR) is 91.0 cm³/mol. The molecule has 124 valence electrons. The maximum Gasteiger partial charge on any atom is 0.265 e. The third kappa shape index (κ3) is 3.19. The van der Waals surface area contributed by atoms with E-state index in [1.807, 2.05) is 12.1 Å². The molecule has 3 rings (SSSR count). The van der Waals surface area contributed by atoms with Gasteiger partial charge in [-0.05, 0) is 31.5 Å². The van der Waals surface area contributed by atoms with Gasteiger partial charge in [-0.15, -0.1) is 0 Å². The molecule has 3 aromatic rings. The SMILES string of the molecule is Cc1oc2ncn(CC(=O)NCc3ccc(Cl)cc3)c(=O)c2c1C. The van der Waals surface area contributed by atoms with Crippen molar-refractivity contribution < 1.29 is 9.21 Å². The van der Waals surface area contributed by atoms with Crippen LogP contribution in [0.4, 0.5) is 0 Å². The topological polar surface area (TPSA) is 77.1 Å². The molecule has 1 aromatic carbocycles. The molecule has 7 heteroatoms. The van der Waals surface area contributed by atoms with Gasteiger partial charge in [-0.2, -0.15) is 0 Å². The number of nitrogens with zero attached hydrogens (tertiary/aromatic N) is 2. The van der Waals surface area contributed by atoms with Crippen LogP contribution in [0.5, 0.6) is 0 Å². The fourth-order valence-electron chi connectivity index (χ4n) is 2.40. The first-order valence-corrected chi connectivity index (χ1v) is 7.80. The molecule has 0 atom stereocenters. The zero-order chi connectivity index (χ0) is 17.3. The zero-order valence-corrected chi connectivity index (χ0v) is 14.1.